The van der Waals surface area contributed by atoms with Gasteiger partial charge in [0.1, 0.15) is 6.04 Å². The summed E-state index contributed by atoms with van der Waals surface area (Å²) in [6.07, 6.45) is 0. The second-order valence-electron chi connectivity index (χ2n) is 6.66. The van der Waals surface area contributed by atoms with Gasteiger partial charge in [0.2, 0.25) is 5.91 Å². The lowest BCUT2D eigenvalue weighted by Crippen LogP contribution is -2.48. The number of rotatable bonds is 10. The highest BCUT2D eigenvalue weighted by molar-refractivity contribution is 5.93. The van der Waals surface area contributed by atoms with Crippen molar-refractivity contribution in [2.75, 3.05) is 31.6 Å². The molecule has 1 atom stereocenters. The van der Waals surface area contributed by atoms with Gasteiger partial charge in [0.15, 0.2) is 6.61 Å². The number of amides is 4. The molecule has 1 rings (SSSR count). The minimum absolute atomic E-state index is 0.105. The number of para-hydroxylation sites is 1. The lowest BCUT2D eigenvalue weighted by atomic mass is 10.1. The third-order valence-corrected chi connectivity index (χ3v) is 4.02. The topological polar surface area (TPSA) is 117 Å². The van der Waals surface area contributed by atoms with E-state index in [9.17, 15) is 19.2 Å². The molecule has 0 spiro atoms. The van der Waals surface area contributed by atoms with Crippen molar-refractivity contribution in [2.24, 2.45) is 5.92 Å². The number of nitrogens with zero attached hydrogens (tertiary/aromatic N) is 1. The molecule has 0 aromatic heterocycles. The Hall–Kier alpha value is -3.10. The van der Waals surface area contributed by atoms with Crippen molar-refractivity contribution in [3.8, 4) is 0 Å². The number of ether oxygens (including phenoxy) is 1. The van der Waals surface area contributed by atoms with Crippen LogP contribution in [0.1, 0.15) is 27.7 Å². The van der Waals surface area contributed by atoms with E-state index in [4.69, 9.17) is 4.74 Å². The number of nitrogens with one attached hydrogen (secondary N) is 3. The van der Waals surface area contributed by atoms with Crippen molar-refractivity contribution in [1.82, 2.24) is 15.5 Å². The zero-order chi connectivity index (χ0) is 21.8. The number of carbonyl (C=O) groups is 4. The van der Waals surface area contributed by atoms with Crippen LogP contribution < -0.4 is 16.0 Å². The molecule has 1 aromatic rings. The molecule has 0 unspecified atom stereocenters. The van der Waals surface area contributed by atoms with E-state index in [2.05, 4.69) is 16.0 Å². The third kappa shape index (κ3) is 8.63. The number of benzene rings is 1. The summed E-state index contributed by atoms with van der Waals surface area (Å²) in [5, 5.41) is 7.81. The summed E-state index contributed by atoms with van der Waals surface area (Å²) < 4.78 is 5.10. The van der Waals surface area contributed by atoms with Crippen LogP contribution in [0.5, 0.6) is 0 Å². The van der Waals surface area contributed by atoms with Crippen LogP contribution in [-0.4, -0.2) is 61.0 Å². The number of esters is 1. The van der Waals surface area contributed by atoms with Gasteiger partial charge in [-0.25, -0.2) is 9.59 Å². The number of hydrogen-bond donors (Lipinski definition) is 3. The SMILES string of the molecule is CCNC(=O)CN(CC)C(=O)COC(=O)[C@@H](NC(=O)Nc1ccccc1)C(C)C. The monoisotopic (exact) mass is 406 g/mol. The Morgan fingerprint density at radius 2 is 1.72 bits per heavy atom. The summed E-state index contributed by atoms with van der Waals surface area (Å²) in [5.41, 5.74) is 0.583. The van der Waals surface area contributed by atoms with Gasteiger partial charge in [-0.3, -0.25) is 9.59 Å². The van der Waals surface area contributed by atoms with Gasteiger partial charge in [-0.05, 0) is 31.9 Å². The fraction of sp³-hybridized carbons (Fsp3) is 0.500. The van der Waals surface area contributed by atoms with Crippen LogP contribution in [0.15, 0.2) is 30.3 Å². The maximum absolute atomic E-state index is 12.4. The van der Waals surface area contributed by atoms with Crippen LogP contribution in [0, 0.1) is 5.92 Å². The number of carbonyl (C=O) groups excluding carboxylic acids is 4. The Morgan fingerprint density at radius 1 is 1.07 bits per heavy atom. The molecule has 3 N–H and O–H groups in total. The summed E-state index contributed by atoms with van der Waals surface area (Å²) in [6.45, 7) is 7.18. The largest absolute Gasteiger partial charge is 0.454 e. The van der Waals surface area contributed by atoms with Crippen molar-refractivity contribution in [3.05, 3.63) is 30.3 Å². The first-order valence-corrected chi connectivity index (χ1v) is 9.62. The van der Waals surface area contributed by atoms with Crippen molar-refractivity contribution in [2.45, 2.75) is 33.7 Å². The minimum atomic E-state index is -0.926. The molecule has 4 amide bonds. The fourth-order valence-electron chi connectivity index (χ4n) is 2.44. The molecule has 29 heavy (non-hydrogen) atoms. The Labute approximate surface area is 171 Å². The molecule has 0 aliphatic rings. The molecule has 9 nitrogen and oxygen atoms in total. The number of likely N-dealkylation sites (N-methyl/N-ethyl adjacent to an activating group) is 2. The molecule has 0 saturated heterocycles. The predicted molar refractivity (Wildman–Crippen MR) is 109 cm³/mol. The highest BCUT2D eigenvalue weighted by Crippen LogP contribution is 2.08. The Bertz CT molecular complexity index is 693. The summed E-state index contributed by atoms with van der Waals surface area (Å²) >= 11 is 0. The number of hydrogen-bond acceptors (Lipinski definition) is 5. The predicted octanol–water partition coefficient (Wildman–Crippen LogP) is 1.36. The number of anilines is 1. The van der Waals surface area contributed by atoms with E-state index in [0.717, 1.165) is 0 Å². The fourth-order valence-corrected chi connectivity index (χ4v) is 2.44. The first kappa shape index (κ1) is 23.9. The summed E-state index contributed by atoms with van der Waals surface area (Å²) in [7, 11) is 0. The third-order valence-electron chi connectivity index (χ3n) is 4.02. The minimum Gasteiger partial charge on any atom is -0.454 e. The maximum Gasteiger partial charge on any atom is 0.329 e. The van der Waals surface area contributed by atoms with Crippen molar-refractivity contribution in [3.63, 3.8) is 0 Å². The van der Waals surface area contributed by atoms with Gasteiger partial charge in [0, 0.05) is 18.8 Å². The molecule has 0 radical (unpaired) electrons. The molecule has 0 fully saturated rings. The average molecular weight is 406 g/mol. The lowest BCUT2D eigenvalue weighted by Gasteiger charge is -2.23. The van der Waals surface area contributed by atoms with E-state index in [1.807, 2.05) is 6.07 Å². The van der Waals surface area contributed by atoms with Crippen LogP contribution >= 0.6 is 0 Å². The average Bonchev–Trinajstić information content (AvgIpc) is 2.68. The Kier molecular flexibility index (Phi) is 10.2. The molecule has 0 heterocycles. The van der Waals surface area contributed by atoms with Crippen molar-refractivity contribution < 1.29 is 23.9 Å². The molecular weight excluding hydrogens is 376 g/mol. The summed E-state index contributed by atoms with van der Waals surface area (Å²) in [4.78, 5) is 49.7. The highest BCUT2D eigenvalue weighted by atomic mass is 16.5. The molecular formula is C20H30N4O5. The van der Waals surface area contributed by atoms with Gasteiger partial charge < -0.3 is 25.6 Å². The molecule has 0 bridgehead atoms. The van der Waals surface area contributed by atoms with Crippen LogP contribution in [0.3, 0.4) is 0 Å². The second-order valence-corrected chi connectivity index (χ2v) is 6.66. The molecule has 9 heteroatoms. The quantitative estimate of drug-likeness (QED) is 0.507. The Balaban J connectivity index is 2.59. The van der Waals surface area contributed by atoms with Gasteiger partial charge in [-0.2, -0.15) is 0 Å². The van der Waals surface area contributed by atoms with Crippen LogP contribution in [-0.2, 0) is 19.1 Å². The second kappa shape index (κ2) is 12.4. The van der Waals surface area contributed by atoms with E-state index < -0.39 is 30.6 Å². The maximum atomic E-state index is 12.4. The summed E-state index contributed by atoms with van der Waals surface area (Å²) in [5.74, 6) is -1.74. The van der Waals surface area contributed by atoms with E-state index in [-0.39, 0.29) is 18.4 Å². The molecule has 160 valence electrons. The van der Waals surface area contributed by atoms with Crippen LogP contribution in [0.4, 0.5) is 10.5 Å². The van der Waals surface area contributed by atoms with E-state index in [1.165, 1.54) is 4.90 Å². The lowest BCUT2D eigenvalue weighted by molar-refractivity contribution is -0.154. The molecule has 0 aliphatic heterocycles. The van der Waals surface area contributed by atoms with Gasteiger partial charge in [0.05, 0.1) is 6.54 Å². The van der Waals surface area contributed by atoms with Gasteiger partial charge >= 0.3 is 12.0 Å². The van der Waals surface area contributed by atoms with E-state index >= 15 is 0 Å². The zero-order valence-electron chi connectivity index (χ0n) is 17.4. The van der Waals surface area contributed by atoms with Crippen molar-refractivity contribution in [1.29, 1.82) is 0 Å². The standard InChI is InChI=1S/C20H30N4O5/c1-5-21-16(25)12-24(6-2)17(26)13-29-19(27)18(14(3)4)23-20(28)22-15-10-8-7-9-11-15/h7-11,14,18H,5-6,12-13H2,1-4H3,(H,21,25)(H2,22,23,28)/t18-/m0/s1. The van der Waals surface area contributed by atoms with E-state index in [1.54, 1.807) is 52.0 Å². The van der Waals surface area contributed by atoms with Crippen LogP contribution in [0.25, 0.3) is 0 Å². The Morgan fingerprint density at radius 3 is 2.28 bits per heavy atom. The molecule has 0 aliphatic carbocycles. The van der Waals surface area contributed by atoms with E-state index in [0.29, 0.717) is 18.8 Å². The van der Waals surface area contributed by atoms with Crippen molar-refractivity contribution >= 4 is 29.5 Å². The number of urea groups is 1. The molecule has 0 saturated carbocycles. The highest BCUT2D eigenvalue weighted by Gasteiger charge is 2.27. The summed E-state index contributed by atoms with van der Waals surface area (Å²) in [6, 6.07) is 7.32. The van der Waals surface area contributed by atoms with Gasteiger partial charge in [0.25, 0.3) is 5.91 Å². The smallest absolute Gasteiger partial charge is 0.329 e. The normalized spacial score (nSPS) is 11.3. The first-order chi connectivity index (χ1) is 13.8. The zero-order valence-corrected chi connectivity index (χ0v) is 17.4. The van der Waals surface area contributed by atoms with Crippen LogP contribution in [0.2, 0.25) is 0 Å². The van der Waals surface area contributed by atoms with Gasteiger partial charge in [-0.15, -0.1) is 0 Å². The van der Waals surface area contributed by atoms with Gasteiger partial charge in [-0.1, -0.05) is 32.0 Å². The first-order valence-electron chi connectivity index (χ1n) is 9.62. The molecule has 1 aromatic carbocycles.